The van der Waals surface area contributed by atoms with Gasteiger partial charge in [-0.05, 0) is 37.1 Å². The van der Waals surface area contributed by atoms with Gasteiger partial charge in [-0.15, -0.1) is 0 Å². The Bertz CT molecular complexity index is 954. The van der Waals surface area contributed by atoms with E-state index in [-0.39, 0.29) is 12.3 Å². The quantitative estimate of drug-likeness (QED) is 0.241. The Hall–Kier alpha value is -3.37. The van der Waals surface area contributed by atoms with Gasteiger partial charge < -0.3 is 25.1 Å². The van der Waals surface area contributed by atoms with Crippen LogP contribution in [0.15, 0.2) is 42.1 Å². The van der Waals surface area contributed by atoms with Gasteiger partial charge in [0.1, 0.15) is 12.4 Å². The monoisotopic (exact) mass is 472 g/mol. The SMILES string of the molecule is CCCCN(CCOC)c1ccc(/C(N)=C(\COc2ccc([N+](=O)[O-])cc2)N(C)N)nc1CC. The summed E-state index contributed by atoms with van der Waals surface area (Å²) in [7, 11) is 3.38. The molecule has 0 saturated carbocycles. The number of hydrogen-bond donors (Lipinski definition) is 2. The molecule has 0 atom stereocenters. The van der Waals surface area contributed by atoms with Gasteiger partial charge in [0.05, 0.1) is 40.0 Å². The number of non-ortho nitro benzene ring substituents is 1. The third kappa shape index (κ3) is 7.32. The van der Waals surface area contributed by atoms with Gasteiger partial charge in [-0.1, -0.05) is 20.3 Å². The number of benzene rings is 1. The van der Waals surface area contributed by atoms with Crippen LogP contribution in [-0.2, 0) is 11.2 Å². The molecule has 0 aliphatic heterocycles. The zero-order valence-corrected chi connectivity index (χ0v) is 20.5. The highest BCUT2D eigenvalue weighted by molar-refractivity contribution is 5.65. The predicted molar refractivity (Wildman–Crippen MR) is 134 cm³/mol. The summed E-state index contributed by atoms with van der Waals surface area (Å²) in [6.45, 7) is 6.68. The molecule has 0 amide bonds. The van der Waals surface area contributed by atoms with Crippen LogP contribution in [0.25, 0.3) is 5.70 Å². The van der Waals surface area contributed by atoms with Crippen LogP contribution in [0.4, 0.5) is 11.4 Å². The smallest absolute Gasteiger partial charge is 0.269 e. The van der Waals surface area contributed by atoms with Gasteiger partial charge in [0.25, 0.3) is 5.69 Å². The summed E-state index contributed by atoms with van der Waals surface area (Å²) in [6.07, 6.45) is 2.94. The number of hydrogen-bond acceptors (Lipinski definition) is 9. The summed E-state index contributed by atoms with van der Waals surface area (Å²) in [5.41, 5.74) is 10.1. The first-order valence-electron chi connectivity index (χ1n) is 11.4. The number of ether oxygens (including phenoxy) is 2. The summed E-state index contributed by atoms with van der Waals surface area (Å²) < 4.78 is 11.1. The number of nitrogens with two attached hydrogens (primary N) is 2. The van der Waals surface area contributed by atoms with Crippen molar-refractivity contribution in [1.82, 2.24) is 9.99 Å². The van der Waals surface area contributed by atoms with E-state index < -0.39 is 4.92 Å². The van der Waals surface area contributed by atoms with Crippen LogP contribution in [0, 0.1) is 10.1 Å². The summed E-state index contributed by atoms with van der Waals surface area (Å²) in [5, 5.41) is 12.2. The average molecular weight is 473 g/mol. The Balaban J connectivity index is 2.30. The minimum absolute atomic E-state index is 0.00608. The van der Waals surface area contributed by atoms with Crippen molar-refractivity contribution in [3.05, 3.63) is 63.6 Å². The van der Waals surface area contributed by atoms with Gasteiger partial charge >= 0.3 is 0 Å². The molecular weight excluding hydrogens is 436 g/mol. The first-order chi connectivity index (χ1) is 16.3. The van der Waals surface area contributed by atoms with Gasteiger partial charge in [0.2, 0.25) is 0 Å². The largest absolute Gasteiger partial charge is 0.487 e. The van der Waals surface area contributed by atoms with Crippen LogP contribution < -0.4 is 21.2 Å². The molecule has 34 heavy (non-hydrogen) atoms. The van der Waals surface area contributed by atoms with E-state index in [0.29, 0.717) is 29.4 Å². The molecule has 0 aliphatic rings. The Morgan fingerprint density at radius 2 is 1.85 bits per heavy atom. The number of nitro benzene ring substituents is 1. The van der Waals surface area contributed by atoms with Crippen LogP contribution in [0.1, 0.15) is 38.1 Å². The van der Waals surface area contributed by atoms with Crippen molar-refractivity contribution in [1.29, 1.82) is 0 Å². The highest BCUT2D eigenvalue weighted by Crippen LogP contribution is 2.24. The molecule has 1 aromatic carbocycles. The van der Waals surface area contributed by atoms with Gasteiger partial charge in [-0.3, -0.25) is 10.1 Å². The number of aromatic nitrogens is 1. The maximum atomic E-state index is 10.8. The maximum Gasteiger partial charge on any atom is 0.269 e. The van der Waals surface area contributed by atoms with Crippen molar-refractivity contribution in [2.24, 2.45) is 11.6 Å². The fraction of sp³-hybridized carbons (Fsp3) is 0.458. The van der Waals surface area contributed by atoms with Crippen LogP contribution >= 0.6 is 0 Å². The van der Waals surface area contributed by atoms with Crippen LogP contribution in [0.5, 0.6) is 5.75 Å². The van der Waals surface area contributed by atoms with Gasteiger partial charge in [-0.25, -0.2) is 10.8 Å². The molecule has 0 bridgehead atoms. The number of nitro groups is 1. The first kappa shape index (κ1) is 26.9. The minimum Gasteiger partial charge on any atom is -0.487 e. The molecule has 1 heterocycles. The molecule has 4 N–H and O–H groups in total. The van der Waals surface area contributed by atoms with E-state index in [1.54, 1.807) is 14.2 Å². The van der Waals surface area contributed by atoms with Crippen molar-refractivity contribution >= 4 is 17.1 Å². The number of hydrazine groups is 1. The molecule has 10 heteroatoms. The number of aryl methyl sites for hydroxylation is 1. The van der Waals surface area contributed by atoms with Crippen molar-refractivity contribution in [2.45, 2.75) is 33.1 Å². The molecule has 2 aromatic rings. The average Bonchev–Trinajstić information content (AvgIpc) is 2.84. The lowest BCUT2D eigenvalue weighted by atomic mass is 10.1. The Labute approximate surface area is 201 Å². The van der Waals surface area contributed by atoms with Gasteiger partial charge in [0.15, 0.2) is 0 Å². The van der Waals surface area contributed by atoms with Crippen molar-refractivity contribution in [2.75, 3.05) is 45.4 Å². The number of nitrogens with zero attached hydrogens (tertiary/aromatic N) is 4. The van der Waals surface area contributed by atoms with E-state index in [0.717, 1.165) is 43.7 Å². The number of rotatable bonds is 14. The standard InChI is InChI=1S/C24H36N6O4/c1-5-7-14-29(15-16-33-4)22-13-12-21(27-20(22)6-2)24(25)23(28(3)26)17-34-19-10-8-18(9-11-19)30(31)32/h8-13H,5-7,14-17,25-26H2,1-4H3/b24-23-. The topological polar surface area (TPSA) is 133 Å². The molecule has 0 spiro atoms. The van der Waals surface area contributed by atoms with Gasteiger partial charge in [-0.2, -0.15) is 0 Å². The molecule has 0 unspecified atom stereocenters. The molecular formula is C24H36N6O4. The maximum absolute atomic E-state index is 10.8. The lowest BCUT2D eigenvalue weighted by Gasteiger charge is -2.27. The highest BCUT2D eigenvalue weighted by atomic mass is 16.6. The molecule has 0 radical (unpaired) electrons. The lowest BCUT2D eigenvalue weighted by Crippen LogP contribution is -2.31. The zero-order valence-electron chi connectivity index (χ0n) is 20.5. The Morgan fingerprint density at radius 3 is 2.41 bits per heavy atom. The molecule has 2 rings (SSSR count). The fourth-order valence-corrected chi connectivity index (χ4v) is 3.43. The van der Waals surface area contributed by atoms with Gasteiger partial charge in [0, 0.05) is 39.4 Å². The van der Waals surface area contributed by atoms with E-state index >= 15 is 0 Å². The van der Waals surface area contributed by atoms with Crippen molar-refractivity contribution in [3.63, 3.8) is 0 Å². The van der Waals surface area contributed by atoms with Crippen LogP contribution in [0.3, 0.4) is 0 Å². The third-order valence-corrected chi connectivity index (χ3v) is 5.41. The zero-order chi connectivity index (χ0) is 25.1. The fourth-order valence-electron chi connectivity index (χ4n) is 3.43. The molecule has 186 valence electrons. The first-order valence-corrected chi connectivity index (χ1v) is 11.4. The molecule has 10 nitrogen and oxygen atoms in total. The van der Waals surface area contributed by atoms with E-state index in [4.69, 9.17) is 26.0 Å². The second-order valence-corrected chi connectivity index (χ2v) is 7.86. The van der Waals surface area contributed by atoms with E-state index in [9.17, 15) is 10.1 Å². The van der Waals surface area contributed by atoms with E-state index in [1.165, 1.54) is 29.3 Å². The molecule has 0 fully saturated rings. The predicted octanol–water partition coefficient (Wildman–Crippen LogP) is 3.32. The van der Waals surface area contributed by atoms with E-state index in [2.05, 4.69) is 18.7 Å². The summed E-state index contributed by atoms with van der Waals surface area (Å²) in [4.78, 5) is 17.5. The number of pyridine rings is 1. The second kappa shape index (κ2) is 13.4. The van der Waals surface area contributed by atoms with Crippen LogP contribution in [0.2, 0.25) is 0 Å². The van der Waals surface area contributed by atoms with Crippen molar-refractivity contribution < 1.29 is 14.4 Å². The number of anilines is 1. The van der Waals surface area contributed by atoms with E-state index in [1.807, 2.05) is 12.1 Å². The number of likely N-dealkylation sites (N-methyl/N-ethyl adjacent to an activating group) is 1. The number of methoxy groups -OCH3 is 1. The van der Waals surface area contributed by atoms with Crippen molar-refractivity contribution in [3.8, 4) is 5.75 Å². The summed E-state index contributed by atoms with van der Waals surface area (Å²) in [5.74, 6) is 6.51. The minimum atomic E-state index is -0.458. The van der Waals surface area contributed by atoms with Crippen LogP contribution in [-0.4, -0.2) is 55.4 Å². The summed E-state index contributed by atoms with van der Waals surface area (Å²) >= 11 is 0. The molecule has 0 saturated heterocycles. The summed E-state index contributed by atoms with van der Waals surface area (Å²) in [6, 6.07) is 9.78. The third-order valence-electron chi connectivity index (χ3n) is 5.41. The second-order valence-electron chi connectivity index (χ2n) is 7.86. The normalized spacial score (nSPS) is 11.7. The molecule has 0 aliphatic carbocycles. The lowest BCUT2D eigenvalue weighted by molar-refractivity contribution is -0.384. The highest BCUT2D eigenvalue weighted by Gasteiger charge is 2.16. The number of unbranched alkanes of at least 4 members (excludes halogenated alkanes) is 1. The Kier molecular flexibility index (Phi) is 10.6. The Morgan fingerprint density at radius 1 is 1.15 bits per heavy atom. The molecule has 1 aromatic heterocycles.